The molecule has 0 spiro atoms. The highest BCUT2D eigenvalue weighted by atomic mass is 32.2. The third kappa shape index (κ3) is 14.1. The van der Waals surface area contributed by atoms with Gasteiger partial charge in [-0.05, 0) is 88.4 Å². The first-order valence-electron chi connectivity index (χ1n) is 21.1. The van der Waals surface area contributed by atoms with Gasteiger partial charge in [0.2, 0.25) is 22.2 Å². The Morgan fingerprint density at radius 1 is 0.563 bits per heavy atom. The lowest BCUT2D eigenvalue weighted by Gasteiger charge is -2.22. The maximum Gasteiger partial charge on any atom is 0.294 e. The second kappa shape index (κ2) is 22.7. The first-order valence-corrected chi connectivity index (χ1v) is 28.2. The number of hydrogen-bond donors (Lipinski definition) is 5. The van der Waals surface area contributed by atoms with Crippen LogP contribution in [0.25, 0.3) is 22.8 Å². The van der Waals surface area contributed by atoms with E-state index in [9.17, 15) is 38.9 Å². The Hall–Kier alpha value is -6.51. The third-order valence-electron chi connectivity index (χ3n) is 10.00. The van der Waals surface area contributed by atoms with Crippen molar-refractivity contribution in [3.63, 3.8) is 0 Å². The number of aromatic nitrogens is 7. The van der Waals surface area contributed by atoms with Crippen LogP contribution in [0.15, 0.2) is 120 Å². The van der Waals surface area contributed by atoms with Crippen LogP contribution in [0.1, 0.15) is 27.7 Å². The van der Waals surface area contributed by atoms with Crippen LogP contribution in [0, 0.1) is 0 Å². The molecule has 24 nitrogen and oxygen atoms in total. The molecule has 0 saturated carbocycles. The Balaban J connectivity index is 1.24. The number of nitrogens with one attached hydrogen (secondary N) is 2. The second-order valence-electron chi connectivity index (χ2n) is 14.6. The van der Waals surface area contributed by atoms with Gasteiger partial charge in [0.1, 0.15) is 11.4 Å². The molecule has 0 aliphatic heterocycles. The van der Waals surface area contributed by atoms with E-state index >= 15 is 0 Å². The van der Waals surface area contributed by atoms with E-state index in [1.54, 1.807) is 24.3 Å². The molecule has 0 unspecified atom stereocenters. The molecule has 71 heavy (non-hydrogen) atoms. The Labute approximate surface area is 420 Å². The fraction of sp³-hybridized carbons (Fsp3) is 0.244. The lowest BCUT2D eigenvalue weighted by Crippen LogP contribution is -2.21. The summed E-state index contributed by atoms with van der Waals surface area (Å²) in [6, 6.07) is 21.9. The zero-order chi connectivity index (χ0) is 50.9. The van der Waals surface area contributed by atoms with Crippen LogP contribution >= 0.6 is 34.8 Å². The zero-order valence-electron chi connectivity index (χ0n) is 37.9. The third-order valence-corrected chi connectivity index (χ3v) is 14.7. The van der Waals surface area contributed by atoms with Crippen LogP contribution in [0.2, 0.25) is 0 Å². The summed E-state index contributed by atoms with van der Waals surface area (Å²) in [7, 11) is -13.3. The Kier molecular flexibility index (Phi) is 16.7. The van der Waals surface area contributed by atoms with Gasteiger partial charge in [-0.3, -0.25) is 13.7 Å². The van der Waals surface area contributed by atoms with Gasteiger partial charge in [0.25, 0.3) is 30.4 Å². The Morgan fingerprint density at radius 2 is 1.00 bits per heavy atom. The average Bonchev–Trinajstić information content (AvgIpc) is 4.02. The maximum absolute atomic E-state index is 11.7. The number of azo groups is 2. The van der Waals surface area contributed by atoms with E-state index in [2.05, 4.69) is 69.6 Å². The molecule has 5 N–H and O–H groups in total. The molecule has 0 radical (unpaired) electrons. The van der Waals surface area contributed by atoms with Gasteiger partial charge >= 0.3 is 0 Å². The van der Waals surface area contributed by atoms with Gasteiger partial charge in [0.05, 0.1) is 26.9 Å². The number of thioether (sulfide) groups is 1. The van der Waals surface area contributed by atoms with E-state index in [0.29, 0.717) is 60.1 Å². The summed E-state index contributed by atoms with van der Waals surface area (Å²) in [4.78, 5) is 26.2. The van der Waals surface area contributed by atoms with E-state index in [1.807, 2.05) is 52.0 Å². The van der Waals surface area contributed by atoms with Crippen molar-refractivity contribution in [2.45, 2.75) is 42.6 Å². The van der Waals surface area contributed by atoms with Crippen LogP contribution in [0.5, 0.6) is 0 Å². The molecular weight excluding hydrogens is 1040 g/mol. The molecule has 0 fully saturated rings. The maximum atomic E-state index is 11.7. The first-order chi connectivity index (χ1) is 33.8. The van der Waals surface area contributed by atoms with E-state index in [-0.39, 0.29) is 54.5 Å². The smallest absolute Gasteiger partial charge is 0.294 e. The van der Waals surface area contributed by atoms with E-state index < -0.39 is 36.1 Å². The Morgan fingerprint density at radius 3 is 1.39 bits per heavy atom. The summed E-state index contributed by atoms with van der Waals surface area (Å²) in [6.45, 7) is 10.7. The Bertz CT molecular complexity index is 3240. The van der Waals surface area contributed by atoms with Gasteiger partial charge < -0.3 is 20.4 Å². The minimum atomic E-state index is -4.47. The van der Waals surface area contributed by atoms with Crippen LogP contribution in [-0.2, 0) is 30.4 Å². The highest BCUT2D eigenvalue weighted by Gasteiger charge is 2.19. The van der Waals surface area contributed by atoms with Gasteiger partial charge in [-0.1, -0.05) is 36.0 Å². The van der Waals surface area contributed by atoms with Gasteiger partial charge in [-0.2, -0.15) is 58.9 Å². The number of hydrogen-bond acceptors (Lipinski definition) is 24. The summed E-state index contributed by atoms with van der Waals surface area (Å²) in [5.41, 5.74) is 3.74. The van der Waals surface area contributed by atoms with Crippen LogP contribution < -0.4 is 20.4 Å². The molecule has 0 amide bonds. The summed E-state index contributed by atoms with van der Waals surface area (Å²) in [5, 5.41) is 24.4. The van der Waals surface area contributed by atoms with Crippen molar-refractivity contribution in [3.8, 4) is 22.8 Å². The SMILES string of the molecule is CCN(CC)c1ccc(N=Nc2nc(-c3cccc(S(=O)(=O)O)c3)ns2)c(Nc2nc(Nc3cc(N(CC)CC)ccc3N=Nc3nc(-c4cccc(S(=O)(=O)O)c4)ns3)nc(SCCS(=O)(=O)O)n2)c1. The monoisotopic (exact) mass is 1080 g/mol. The molecule has 7 rings (SSSR count). The number of rotatable bonds is 22. The molecular formula is C41H43N15O9S6. The average molecular weight is 1080 g/mol. The molecule has 4 aromatic carbocycles. The molecule has 0 atom stereocenters. The van der Waals surface area contributed by atoms with Gasteiger partial charge in [0.15, 0.2) is 16.8 Å². The van der Waals surface area contributed by atoms with E-state index in [1.165, 1.54) is 36.4 Å². The number of nitrogens with zero attached hydrogens (tertiary/aromatic N) is 13. The fourth-order valence-electron chi connectivity index (χ4n) is 6.54. The van der Waals surface area contributed by atoms with Crippen LogP contribution in [0.4, 0.5) is 56.3 Å². The van der Waals surface area contributed by atoms with Crippen LogP contribution in [-0.4, -0.2) is 110 Å². The standard InChI is InChI=1S/C41H43N15O9S6/c1-5-55(6-2)27-15-17-31(49-51-40-44-35(53-67-40)25-11-9-13-29(21-25)70(60,61)62)33(23-27)42-37-46-38(48-39(47-37)66-19-20-69(57,58)59)43-34-24-28(56(7-3)8-4)16-18-32(34)50-52-41-45-36(54-68-41)26-12-10-14-30(22-26)71(63,64)65/h9-18,21-24H,5-8,19-20H2,1-4H3,(H,57,58,59)(H,60,61,62)(H,63,64,65)(H2,42,43,46,47,48). The largest absolute Gasteiger partial charge is 0.372 e. The lowest BCUT2D eigenvalue weighted by atomic mass is 10.2. The normalized spacial score (nSPS) is 12.2. The number of anilines is 6. The van der Waals surface area contributed by atoms with Crippen molar-refractivity contribution in [3.05, 3.63) is 84.9 Å². The second-order valence-corrected chi connectivity index (χ2v) is 21.5. The van der Waals surface area contributed by atoms with Crippen molar-refractivity contribution < 1.29 is 38.9 Å². The summed E-state index contributed by atoms with van der Waals surface area (Å²) >= 11 is 2.77. The van der Waals surface area contributed by atoms with Crippen molar-refractivity contribution in [2.24, 2.45) is 20.5 Å². The molecule has 30 heteroatoms. The van der Waals surface area contributed by atoms with Crippen LogP contribution in [0.3, 0.4) is 0 Å². The van der Waals surface area contributed by atoms with Gasteiger partial charge in [0, 0.05) is 77.5 Å². The van der Waals surface area contributed by atoms with Gasteiger partial charge in [-0.25, -0.2) is 0 Å². The molecule has 0 saturated heterocycles. The highest BCUT2D eigenvalue weighted by molar-refractivity contribution is 8.00. The summed E-state index contributed by atoms with van der Waals surface area (Å²) < 4.78 is 108. The zero-order valence-corrected chi connectivity index (χ0v) is 42.8. The van der Waals surface area contributed by atoms with Crippen molar-refractivity contribution in [2.75, 3.05) is 58.1 Å². The molecule has 0 aliphatic carbocycles. The lowest BCUT2D eigenvalue weighted by molar-refractivity contribution is 0.481. The quantitative estimate of drug-likeness (QED) is 0.0239. The predicted octanol–water partition coefficient (Wildman–Crippen LogP) is 9.39. The van der Waals surface area contributed by atoms with Crippen molar-refractivity contribution in [1.82, 2.24) is 33.7 Å². The summed E-state index contributed by atoms with van der Waals surface area (Å²) in [6.07, 6.45) is 0. The summed E-state index contributed by atoms with van der Waals surface area (Å²) in [5.74, 6) is -0.353. The molecule has 3 heterocycles. The number of benzene rings is 4. The molecule has 0 bridgehead atoms. The minimum absolute atomic E-state index is 0.00412. The van der Waals surface area contributed by atoms with Crippen molar-refractivity contribution in [1.29, 1.82) is 0 Å². The topological polar surface area (TPSA) is 333 Å². The predicted molar refractivity (Wildman–Crippen MR) is 272 cm³/mol. The molecule has 372 valence electrons. The first kappa shape index (κ1) is 52.3. The van der Waals surface area contributed by atoms with E-state index in [4.69, 9.17) is 4.98 Å². The van der Waals surface area contributed by atoms with Crippen molar-refractivity contribution >= 4 is 121 Å². The minimum Gasteiger partial charge on any atom is -0.372 e. The molecule has 7 aromatic rings. The molecule has 0 aliphatic rings. The van der Waals surface area contributed by atoms with E-state index in [0.717, 1.165) is 46.2 Å². The molecule has 3 aromatic heterocycles. The highest BCUT2D eigenvalue weighted by Crippen LogP contribution is 2.37. The fourth-order valence-corrected chi connectivity index (χ4v) is 10.3. The van der Waals surface area contributed by atoms with Gasteiger partial charge in [-0.15, -0.1) is 20.5 Å².